The van der Waals surface area contributed by atoms with Crippen molar-refractivity contribution in [2.75, 3.05) is 19.0 Å². The van der Waals surface area contributed by atoms with E-state index >= 15 is 0 Å². The number of hydrazone groups is 1. The summed E-state index contributed by atoms with van der Waals surface area (Å²) in [7, 11) is 1.45. The Hall–Kier alpha value is -4.71. The van der Waals surface area contributed by atoms with E-state index in [1.807, 2.05) is 19.1 Å². The van der Waals surface area contributed by atoms with E-state index in [-0.39, 0.29) is 29.4 Å². The molecule has 2 N–H and O–H groups in total. The maximum absolute atomic E-state index is 14.0. The van der Waals surface area contributed by atoms with Crippen molar-refractivity contribution in [1.82, 2.24) is 5.43 Å². The summed E-state index contributed by atoms with van der Waals surface area (Å²) in [6.45, 7) is 1.65. The zero-order chi connectivity index (χ0) is 24.5. The third kappa shape index (κ3) is 6.17. The van der Waals surface area contributed by atoms with Gasteiger partial charge in [0.1, 0.15) is 5.82 Å². The van der Waals surface area contributed by atoms with E-state index in [1.165, 1.54) is 25.5 Å². The first-order valence-corrected chi connectivity index (χ1v) is 10.1. The molecule has 3 rings (SSSR count). The van der Waals surface area contributed by atoms with E-state index in [1.54, 1.807) is 36.4 Å². The van der Waals surface area contributed by atoms with Crippen LogP contribution in [0.15, 0.2) is 65.8 Å². The van der Waals surface area contributed by atoms with Gasteiger partial charge in [-0.1, -0.05) is 23.8 Å². The van der Waals surface area contributed by atoms with Crippen molar-refractivity contribution < 1.29 is 23.5 Å². The van der Waals surface area contributed by atoms with Crippen LogP contribution in [0.4, 0.5) is 10.1 Å². The molecule has 9 heteroatoms. The molecule has 172 valence electrons. The molecule has 0 heterocycles. The van der Waals surface area contributed by atoms with Gasteiger partial charge in [-0.3, -0.25) is 9.59 Å². The number of amides is 2. The Kier molecular flexibility index (Phi) is 7.92. The average Bonchev–Trinajstić information content (AvgIpc) is 2.84. The van der Waals surface area contributed by atoms with Gasteiger partial charge in [-0.25, -0.2) is 9.82 Å². The number of ether oxygens (including phenoxy) is 2. The van der Waals surface area contributed by atoms with Gasteiger partial charge in [0.15, 0.2) is 18.1 Å². The fourth-order valence-corrected chi connectivity index (χ4v) is 2.91. The Morgan fingerprint density at radius 2 is 1.91 bits per heavy atom. The molecule has 0 fully saturated rings. The molecular formula is C25H21FN4O4. The number of hydrogen-bond donors (Lipinski definition) is 2. The van der Waals surface area contributed by atoms with Gasteiger partial charge in [0, 0.05) is 11.3 Å². The molecule has 0 bridgehead atoms. The van der Waals surface area contributed by atoms with Crippen molar-refractivity contribution in [2.24, 2.45) is 5.10 Å². The lowest BCUT2D eigenvalue weighted by atomic mass is 10.1. The largest absolute Gasteiger partial charge is 0.493 e. The first-order valence-electron chi connectivity index (χ1n) is 10.1. The summed E-state index contributed by atoms with van der Waals surface area (Å²) in [5, 5.41) is 15.4. The first-order chi connectivity index (χ1) is 16.4. The molecule has 0 saturated heterocycles. The number of nitrogens with one attached hydrogen (secondary N) is 2. The Bertz CT molecular complexity index is 1270. The van der Waals surface area contributed by atoms with Crippen molar-refractivity contribution in [3.63, 3.8) is 0 Å². The van der Waals surface area contributed by atoms with Gasteiger partial charge in [0.25, 0.3) is 11.8 Å². The molecule has 3 aromatic carbocycles. The highest BCUT2D eigenvalue weighted by molar-refractivity contribution is 5.96. The summed E-state index contributed by atoms with van der Waals surface area (Å²) in [5.74, 6) is -1.40. The molecule has 0 saturated carbocycles. The lowest BCUT2D eigenvalue weighted by molar-refractivity contribution is -0.118. The molecule has 8 nitrogen and oxygen atoms in total. The van der Waals surface area contributed by atoms with Crippen LogP contribution in [-0.2, 0) is 4.79 Å². The number of aryl methyl sites for hydroxylation is 1. The van der Waals surface area contributed by atoms with Crippen LogP contribution in [0.5, 0.6) is 11.5 Å². The van der Waals surface area contributed by atoms with E-state index in [0.717, 1.165) is 11.6 Å². The van der Waals surface area contributed by atoms with Crippen LogP contribution >= 0.6 is 0 Å². The molecule has 3 aromatic rings. The molecule has 0 aliphatic rings. The Labute approximate surface area is 195 Å². The van der Waals surface area contributed by atoms with Gasteiger partial charge in [-0.2, -0.15) is 10.4 Å². The van der Waals surface area contributed by atoms with E-state index in [2.05, 4.69) is 15.8 Å². The Morgan fingerprint density at radius 1 is 1.15 bits per heavy atom. The lowest BCUT2D eigenvalue weighted by Gasteiger charge is -2.13. The highest BCUT2D eigenvalue weighted by Crippen LogP contribution is 2.30. The fourth-order valence-electron chi connectivity index (χ4n) is 2.91. The number of carbonyl (C=O) groups is 2. The van der Waals surface area contributed by atoms with Crippen LogP contribution in [0, 0.1) is 24.1 Å². The number of halogens is 1. The van der Waals surface area contributed by atoms with E-state index in [4.69, 9.17) is 14.7 Å². The fraction of sp³-hybridized carbons (Fsp3) is 0.120. The zero-order valence-corrected chi connectivity index (χ0v) is 18.5. The number of hydrogen-bond acceptors (Lipinski definition) is 6. The van der Waals surface area contributed by atoms with Crippen molar-refractivity contribution in [3.05, 3.63) is 88.7 Å². The molecule has 0 spiro atoms. The third-order valence-electron chi connectivity index (χ3n) is 4.62. The SMILES string of the molecule is COc1cccc(/C=N\NC(=O)c2ccc(C#N)cc2F)c1OCC(=O)Nc1ccc(C)cc1. The number of anilines is 1. The quantitative estimate of drug-likeness (QED) is 0.392. The Morgan fingerprint density at radius 3 is 2.59 bits per heavy atom. The molecule has 2 amide bonds. The van der Waals surface area contributed by atoms with Crippen LogP contribution < -0.4 is 20.2 Å². The summed E-state index contributed by atoms with van der Waals surface area (Å²) in [5.41, 5.74) is 4.19. The lowest BCUT2D eigenvalue weighted by Crippen LogP contribution is -2.21. The molecule has 0 atom stereocenters. The van der Waals surface area contributed by atoms with Gasteiger partial charge in [-0.05, 0) is 49.4 Å². The summed E-state index contributed by atoms with van der Waals surface area (Å²) in [4.78, 5) is 24.5. The standard InChI is InChI=1S/C25H21FN4O4/c1-16-6-9-19(10-7-16)29-23(31)15-34-24-18(4-3-5-22(24)33-2)14-28-30-25(32)20-11-8-17(13-27)12-21(20)26/h3-12,14H,15H2,1-2H3,(H,29,31)(H,30,32)/b28-14-. The second-order valence-corrected chi connectivity index (χ2v) is 7.09. The van der Waals surface area contributed by atoms with E-state index in [0.29, 0.717) is 17.0 Å². The third-order valence-corrected chi connectivity index (χ3v) is 4.62. The van der Waals surface area contributed by atoms with Gasteiger partial charge in [0.2, 0.25) is 0 Å². The van der Waals surface area contributed by atoms with Crippen molar-refractivity contribution >= 4 is 23.7 Å². The van der Waals surface area contributed by atoms with Gasteiger partial charge in [-0.15, -0.1) is 0 Å². The number of nitriles is 1. The summed E-state index contributed by atoms with van der Waals surface area (Å²) in [6.07, 6.45) is 1.29. The van der Waals surface area contributed by atoms with Crippen LogP contribution in [0.3, 0.4) is 0 Å². The van der Waals surface area contributed by atoms with Crippen LogP contribution in [0.2, 0.25) is 0 Å². The molecule has 0 radical (unpaired) electrons. The second-order valence-electron chi connectivity index (χ2n) is 7.09. The maximum atomic E-state index is 14.0. The predicted octanol–water partition coefficient (Wildman–Crippen LogP) is 3.80. The molecule has 34 heavy (non-hydrogen) atoms. The number of para-hydroxylation sites is 1. The van der Waals surface area contributed by atoms with Crippen LogP contribution in [0.25, 0.3) is 0 Å². The summed E-state index contributed by atoms with van der Waals surface area (Å²) >= 11 is 0. The highest BCUT2D eigenvalue weighted by Gasteiger charge is 2.14. The monoisotopic (exact) mass is 460 g/mol. The predicted molar refractivity (Wildman–Crippen MR) is 124 cm³/mol. The molecule has 0 aliphatic carbocycles. The summed E-state index contributed by atoms with van der Waals surface area (Å²) < 4.78 is 25.0. The van der Waals surface area contributed by atoms with Crippen molar-refractivity contribution in [2.45, 2.75) is 6.92 Å². The van der Waals surface area contributed by atoms with Crippen LogP contribution in [0.1, 0.15) is 27.0 Å². The molecule has 0 unspecified atom stereocenters. The summed E-state index contributed by atoms with van der Waals surface area (Å²) in [6, 6.07) is 17.6. The highest BCUT2D eigenvalue weighted by atomic mass is 19.1. The maximum Gasteiger partial charge on any atom is 0.274 e. The topological polar surface area (TPSA) is 113 Å². The average molecular weight is 460 g/mol. The minimum atomic E-state index is -0.836. The van der Waals surface area contributed by atoms with E-state index in [9.17, 15) is 14.0 Å². The number of nitrogens with zero attached hydrogens (tertiary/aromatic N) is 2. The Balaban J connectivity index is 1.68. The van der Waals surface area contributed by atoms with Crippen LogP contribution in [-0.4, -0.2) is 31.7 Å². The van der Waals surface area contributed by atoms with Gasteiger partial charge in [0.05, 0.1) is 30.5 Å². The van der Waals surface area contributed by atoms with Gasteiger partial charge < -0.3 is 14.8 Å². The first kappa shape index (κ1) is 23.9. The minimum Gasteiger partial charge on any atom is -0.493 e. The number of benzene rings is 3. The minimum absolute atomic E-state index is 0.0992. The smallest absolute Gasteiger partial charge is 0.274 e. The van der Waals surface area contributed by atoms with Crippen molar-refractivity contribution in [3.8, 4) is 17.6 Å². The zero-order valence-electron chi connectivity index (χ0n) is 18.5. The molecule has 0 aromatic heterocycles. The normalized spacial score (nSPS) is 10.4. The second kappa shape index (κ2) is 11.2. The number of rotatable bonds is 8. The number of methoxy groups -OCH3 is 1. The van der Waals surface area contributed by atoms with Crippen molar-refractivity contribution in [1.29, 1.82) is 5.26 Å². The molecular weight excluding hydrogens is 439 g/mol. The van der Waals surface area contributed by atoms with E-state index < -0.39 is 11.7 Å². The van der Waals surface area contributed by atoms with Gasteiger partial charge >= 0.3 is 0 Å². The number of carbonyl (C=O) groups excluding carboxylic acids is 2. The molecule has 0 aliphatic heterocycles.